The molecule has 0 aromatic heterocycles. The van der Waals surface area contributed by atoms with Crippen molar-refractivity contribution in [1.29, 1.82) is 0 Å². The summed E-state index contributed by atoms with van der Waals surface area (Å²) in [5.74, 6) is 0.532. The highest BCUT2D eigenvalue weighted by Gasteiger charge is 2.66. The lowest BCUT2D eigenvalue weighted by atomic mass is 9.85. The molecular weight excluding hydrogens is 192 g/mol. The molecule has 3 heteroatoms. The van der Waals surface area contributed by atoms with E-state index in [0.29, 0.717) is 19.1 Å². The zero-order valence-corrected chi connectivity index (χ0v) is 8.26. The van der Waals surface area contributed by atoms with Crippen LogP contribution in [0.4, 0.5) is 0 Å². The minimum absolute atomic E-state index is 0.0816. The van der Waals surface area contributed by atoms with Crippen molar-refractivity contribution in [2.45, 2.75) is 5.79 Å². The van der Waals surface area contributed by atoms with Crippen LogP contribution >= 0.6 is 0 Å². The molecular formula is C12H12O3. The van der Waals surface area contributed by atoms with Gasteiger partial charge >= 0.3 is 0 Å². The van der Waals surface area contributed by atoms with Gasteiger partial charge in [-0.2, -0.15) is 0 Å². The molecule has 1 heterocycles. The smallest absolute Gasteiger partial charge is 0.182 e. The van der Waals surface area contributed by atoms with Crippen molar-refractivity contribution >= 4 is 5.78 Å². The maximum Gasteiger partial charge on any atom is 0.182 e. The summed E-state index contributed by atoms with van der Waals surface area (Å²) in [5, 5.41) is 0. The third-order valence-corrected chi connectivity index (χ3v) is 4.22. The molecule has 1 saturated carbocycles. The zero-order valence-electron chi connectivity index (χ0n) is 8.26. The number of rotatable bonds is 0. The molecule has 2 bridgehead atoms. The molecule has 2 fully saturated rings. The lowest BCUT2D eigenvalue weighted by Crippen LogP contribution is -2.38. The highest BCUT2D eigenvalue weighted by Crippen LogP contribution is 2.60. The first-order chi connectivity index (χ1) is 7.33. The Morgan fingerprint density at radius 2 is 1.87 bits per heavy atom. The molecule has 3 aliphatic carbocycles. The second-order valence-corrected chi connectivity index (χ2v) is 4.72. The van der Waals surface area contributed by atoms with Gasteiger partial charge in [-0.3, -0.25) is 4.79 Å². The monoisotopic (exact) mass is 204 g/mol. The zero-order chi connectivity index (χ0) is 10.0. The van der Waals surface area contributed by atoms with Crippen LogP contribution in [0.25, 0.3) is 0 Å². The van der Waals surface area contributed by atoms with E-state index < -0.39 is 5.79 Å². The Kier molecular flexibility index (Phi) is 1.33. The molecule has 1 aliphatic heterocycles. The summed E-state index contributed by atoms with van der Waals surface area (Å²) in [6.07, 6.45) is 8.04. The van der Waals surface area contributed by atoms with E-state index in [-0.39, 0.29) is 23.5 Å². The van der Waals surface area contributed by atoms with Crippen molar-refractivity contribution in [2.75, 3.05) is 13.2 Å². The predicted molar refractivity (Wildman–Crippen MR) is 51.9 cm³/mol. The third-order valence-electron chi connectivity index (χ3n) is 4.22. The van der Waals surface area contributed by atoms with Crippen LogP contribution in [-0.4, -0.2) is 24.8 Å². The molecule has 3 unspecified atom stereocenters. The quantitative estimate of drug-likeness (QED) is 0.550. The molecule has 1 spiro atoms. The fourth-order valence-corrected chi connectivity index (χ4v) is 3.71. The van der Waals surface area contributed by atoms with Gasteiger partial charge in [-0.15, -0.1) is 0 Å². The van der Waals surface area contributed by atoms with E-state index in [1.54, 1.807) is 6.08 Å². The van der Waals surface area contributed by atoms with Crippen molar-refractivity contribution in [3.8, 4) is 0 Å². The normalized spacial score (nSPS) is 48.4. The number of ketones is 1. The van der Waals surface area contributed by atoms with E-state index >= 15 is 0 Å². The Labute approximate surface area is 87.7 Å². The summed E-state index contributed by atoms with van der Waals surface area (Å²) in [7, 11) is 0. The van der Waals surface area contributed by atoms with E-state index in [0.717, 1.165) is 0 Å². The van der Waals surface area contributed by atoms with Gasteiger partial charge in [0.1, 0.15) is 0 Å². The van der Waals surface area contributed by atoms with Crippen LogP contribution in [0.5, 0.6) is 0 Å². The number of carbonyl (C=O) groups is 1. The number of ether oxygens (including phenoxy) is 2. The average molecular weight is 204 g/mol. The van der Waals surface area contributed by atoms with Crippen molar-refractivity contribution in [2.24, 2.45) is 23.7 Å². The molecule has 15 heavy (non-hydrogen) atoms. The summed E-state index contributed by atoms with van der Waals surface area (Å²) in [5.41, 5.74) is 0. The number of hydrogen-bond acceptors (Lipinski definition) is 3. The number of fused-ring (bicyclic) bond motifs is 3. The van der Waals surface area contributed by atoms with Gasteiger partial charge in [0.25, 0.3) is 0 Å². The van der Waals surface area contributed by atoms with Crippen molar-refractivity contribution in [1.82, 2.24) is 0 Å². The summed E-state index contributed by atoms with van der Waals surface area (Å²) < 4.78 is 11.6. The Bertz CT molecular complexity index is 390. The Hall–Kier alpha value is -0.930. The molecule has 4 rings (SSSR count). The first-order valence-corrected chi connectivity index (χ1v) is 5.51. The maximum atomic E-state index is 11.8. The highest BCUT2D eigenvalue weighted by molar-refractivity contribution is 5.96. The lowest BCUT2D eigenvalue weighted by Gasteiger charge is -2.28. The average Bonchev–Trinajstić information content (AvgIpc) is 2.96. The minimum atomic E-state index is -0.490. The van der Waals surface area contributed by atoms with Gasteiger partial charge < -0.3 is 9.47 Å². The molecule has 0 aromatic carbocycles. The van der Waals surface area contributed by atoms with Gasteiger partial charge in [0.15, 0.2) is 11.6 Å². The Balaban J connectivity index is 1.83. The van der Waals surface area contributed by atoms with Crippen LogP contribution in [0.2, 0.25) is 0 Å². The summed E-state index contributed by atoms with van der Waals surface area (Å²) in [6.45, 7) is 1.32. The third kappa shape index (κ3) is 0.755. The largest absolute Gasteiger partial charge is 0.346 e. The molecule has 0 N–H and O–H groups in total. The molecule has 4 atom stereocenters. The maximum absolute atomic E-state index is 11.8. The van der Waals surface area contributed by atoms with Gasteiger partial charge in [0.05, 0.1) is 13.2 Å². The lowest BCUT2D eigenvalue weighted by molar-refractivity contribution is -0.188. The molecule has 0 radical (unpaired) electrons. The summed E-state index contributed by atoms with van der Waals surface area (Å²) in [4.78, 5) is 11.8. The fraction of sp³-hybridized carbons (Fsp3) is 0.583. The topological polar surface area (TPSA) is 35.5 Å². The number of carbonyl (C=O) groups excluding carboxylic acids is 1. The number of hydrogen-bond donors (Lipinski definition) is 0. The number of allylic oxidation sites excluding steroid dienone is 2. The van der Waals surface area contributed by atoms with Crippen LogP contribution in [0.1, 0.15) is 0 Å². The highest BCUT2D eigenvalue weighted by atomic mass is 16.7. The van der Waals surface area contributed by atoms with Crippen molar-refractivity contribution < 1.29 is 14.3 Å². The first kappa shape index (κ1) is 8.25. The summed E-state index contributed by atoms with van der Waals surface area (Å²) in [6, 6.07) is 0. The second kappa shape index (κ2) is 2.42. The molecule has 1 saturated heterocycles. The molecule has 0 aromatic rings. The van der Waals surface area contributed by atoms with Crippen LogP contribution in [0, 0.1) is 23.7 Å². The second-order valence-electron chi connectivity index (χ2n) is 4.72. The van der Waals surface area contributed by atoms with Gasteiger partial charge in [-0.05, 0) is 12.0 Å². The van der Waals surface area contributed by atoms with E-state index in [1.165, 1.54) is 0 Å². The van der Waals surface area contributed by atoms with E-state index in [4.69, 9.17) is 9.47 Å². The minimum Gasteiger partial charge on any atom is -0.346 e. The molecule has 4 aliphatic rings. The van der Waals surface area contributed by atoms with E-state index in [2.05, 4.69) is 12.2 Å². The van der Waals surface area contributed by atoms with Crippen LogP contribution in [-0.2, 0) is 14.3 Å². The summed E-state index contributed by atoms with van der Waals surface area (Å²) >= 11 is 0. The van der Waals surface area contributed by atoms with Gasteiger partial charge in [-0.25, -0.2) is 0 Å². The molecule has 3 nitrogen and oxygen atoms in total. The van der Waals surface area contributed by atoms with Crippen LogP contribution < -0.4 is 0 Å². The fourth-order valence-electron chi connectivity index (χ4n) is 3.71. The van der Waals surface area contributed by atoms with E-state index in [9.17, 15) is 4.79 Å². The van der Waals surface area contributed by atoms with Crippen molar-refractivity contribution in [3.05, 3.63) is 24.3 Å². The Morgan fingerprint density at radius 1 is 1.13 bits per heavy atom. The molecule has 0 amide bonds. The Morgan fingerprint density at radius 3 is 2.60 bits per heavy atom. The predicted octanol–water partition coefficient (Wildman–Crippen LogP) is 0.917. The van der Waals surface area contributed by atoms with Crippen LogP contribution in [0.15, 0.2) is 24.3 Å². The van der Waals surface area contributed by atoms with Gasteiger partial charge in [-0.1, -0.05) is 18.2 Å². The molecule has 78 valence electrons. The SMILES string of the molecule is O=C1C=CC2C1C1C=C[C@H]2C12OCCO2. The van der Waals surface area contributed by atoms with E-state index in [1.807, 2.05) is 6.08 Å². The van der Waals surface area contributed by atoms with Gasteiger partial charge in [0.2, 0.25) is 0 Å². The van der Waals surface area contributed by atoms with Gasteiger partial charge in [0, 0.05) is 17.8 Å². The van der Waals surface area contributed by atoms with Crippen molar-refractivity contribution in [3.63, 3.8) is 0 Å². The first-order valence-electron chi connectivity index (χ1n) is 5.51. The van der Waals surface area contributed by atoms with Crippen LogP contribution in [0.3, 0.4) is 0 Å². The standard InChI is InChI=1S/C12H12O3/c13-10-4-1-7-8-2-3-9(11(7)10)12(8)14-5-6-15-12/h1-4,7-9,11H,5-6H2/t7?,8-,9?,11?/m1/s1.